The molecule has 2 heterocycles. The Balaban J connectivity index is 1.59. The SMILES string of the molecule is C=C(C)CN1CCN(Cc2cc3c(cc2C)OCO3)CC1. The Labute approximate surface area is 126 Å². The number of nitrogens with zero attached hydrogens (tertiary/aromatic N) is 2. The molecule has 2 aliphatic heterocycles. The minimum Gasteiger partial charge on any atom is -0.454 e. The van der Waals surface area contributed by atoms with Crippen LogP contribution in [-0.2, 0) is 6.54 Å². The second-order valence-electron chi connectivity index (χ2n) is 6.14. The molecule has 0 atom stereocenters. The van der Waals surface area contributed by atoms with Crippen molar-refractivity contribution in [2.24, 2.45) is 0 Å². The average molecular weight is 288 g/mol. The minimum absolute atomic E-state index is 0.345. The standard InChI is InChI=1S/C17H24N2O2/c1-13(2)10-18-4-6-19(7-5-18)11-15-9-17-16(8-14(15)3)20-12-21-17/h8-9H,1,4-7,10-12H2,2-3H3. The highest BCUT2D eigenvalue weighted by Crippen LogP contribution is 2.35. The monoisotopic (exact) mass is 288 g/mol. The first-order chi connectivity index (χ1) is 10.1. The number of aryl methyl sites for hydroxylation is 1. The van der Waals surface area contributed by atoms with Crippen molar-refractivity contribution < 1.29 is 9.47 Å². The Hall–Kier alpha value is -1.52. The topological polar surface area (TPSA) is 24.9 Å². The van der Waals surface area contributed by atoms with E-state index in [-0.39, 0.29) is 0 Å². The van der Waals surface area contributed by atoms with E-state index < -0.39 is 0 Å². The van der Waals surface area contributed by atoms with Crippen molar-refractivity contribution in [3.8, 4) is 11.5 Å². The number of rotatable bonds is 4. The highest BCUT2D eigenvalue weighted by molar-refractivity contribution is 5.48. The van der Waals surface area contributed by atoms with Gasteiger partial charge in [0, 0.05) is 39.3 Å². The van der Waals surface area contributed by atoms with Crippen LogP contribution in [0.3, 0.4) is 0 Å². The van der Waals surface area contributed by atoms with Crippen LogP contribution >= 0.6 is 0 Å². The Morgan fingerprint density at radius 1 is 1.10 bits per heavy atom. The fourth-order valence-electron chi connectivity index (χ4n) is 2.98. The molecule has 4 heteroatoms. The van der Waals surface area contributed by atoms with Gasteiger partial charge in [0.2, 0.25) is 6.79 Å². The molecule has 21 heavy (non-hydrogen) atoms. The lowest BCUT2D eigenvalue weighted by Crippen LogP contribution is -2.46. The van der Waals surface area contributed by atoms with Crippen molar-refractivity contribution in [3.63, 3.8) is 0 Å². The number of hydrogen-bond donors (Lipinski definition) is 0. The molecule has 0 saturated carbocycles. The lowest BCUT2D eigenvalue weighted by Gasteiger charge is -2.35. The molecular weight excluding hydrogens is 264 g/mol. The molecule has 0 aromatic heterocycles. The van der Waals surface area contributed by atoms with Crippen LogP contribution in [0.25, 0.3) is 0 Å². The van der Waals surface area contributed by atoms with E-state index in [2.05, 4.69) is 42.4 Å². The second kappa shape index (κ2) is 6.08. The predicted octanol–water partition coefficient (Wildman–Crippen LogP) is 2.42. The Bertz CT molecular complexity index is 534. The number of piperazine rings is 1. The molecule has 0 N–H and O–H groups in total. The number of fused-ring (bicyclic) bond motifs is 1. The first kappa shape index (κ1) is 14.4. The highest BCUT2D eigenvalue weighted by Gasteiger charge is 2.20. The third-order valence-electron chi connectivity index (χ3n) is 4.18. The summed E-state index contributed by atoms with van der Waals surface area (Å²) in [5.41, 5.74) is 3.87. The molecule has 0 bridgehead atoms. The predicted molar refractivity (Wildman–Crippen MR) is 83.8 cm³/mol. The van der Waals surface area contributed by atoms with Crippen LogP contribution in [0.5, 0.6) is 11.5 Å². The van der Waals surface area contributed by atoms with Crippen molar-refractivity contribution in [3.05, 3.63) is 35.4 Å². The van der Waals surface area contributed by atoms with Gasteiger partial charge in [-0.15, -0.1) is 0 Å². The molecule has 1 saturated heterocycles. The van der Waals surface area contributed by atoms with Crippen LogP contribution in [0.2, 0.25) is 0 Å². The maximum Gasteiger partial charge on any atom is 0.231 e. The molecule has 0 unspecified atom stereocenters. The van der Waals surface area contributed by atoms with Gasteiger partial charge in [0.05, 0.1) is 0 Å². The first-order valence-electron chi connectivity index (χ1n) is 7.60. The quantitative estimate of drug-likeness (QED) is 0.794. The fourth-order valence-corrected chi connectivity index (χ4v) is 2.98. The van der Waals surface area contributed by atoms with Crippen LogP contribution in [0.4, 0.5) is 0 Å². The maximum absolute atomic E-state index is 5.49. The van der Waals surface area contributed by atoms with E-state index in [1.807, 2.05) is 0 Å². The Morgan fingerprint density at radius 2 is 1.71 bits per heavy atom. The van der Waals surface area contributed by atoms with Gasteiger partial charge in [0.15, 0.2) is 11.5 Å². The molecule has 0 amide bonds. The van der Waals surface area contributed by atoms with Gasteiger partial charge in [-0.2, -0.15) is 0 Å². The molecule has 2 aliphatic rings. The van der Waals surface area contributed by atoms with Crippen molar-refractivity contribution in [2.45, 2.75) is 20.4 Å². The molecule has 4 nitrogen and oxygen atoms in total. The van der Waals surface area contributed by atoms with Gasteiger partial charge in [0.1, 0.15) is 0 Å². The van der Waals surface area contributed by atoms with Gasteiger partial charge in [-0.05, 0) is 37.1 Å². The number of hydrogen-bond acceptors (Lipinski definition) is 4. The number of ether oxygens (including phenoxy) is 2. The minimum atomic E-state index is 0.345. The van der Waals surface area contributed by atoms with E-state index in [4.69, 9.17) is 9.47 Å². The summed E-state index contributed by atoms with van der Waals surface area (Å²) in [4.78, 5) is 4.99. The van der Waals surface area contributed by atoms with Crippen molar-refractivity contribution >= 4 is 0 Å². The van der Waals surface area contributed by atoms with E-state index in [0.29, 0.717) is 6.79 Å². The third-order valence-corrected chi connectivity index (χ3v) is 4.18. The van der Waals surface area contributed by atoms with E-state index >= 15 is 0 Å². The third kappa shape index (κ3) is 3.39. The van der Waals surface area contributed by atoms with E-state index in [1.165, 1.54) is 16.7 Å². The lowest BCUT2D eigenvalue weighted by atomic mass is 10.1. The molecule has 0 spiro atoms. The average Bonchev–Trinajstić information content (AvgIpc) is 2.88. The Kier molecular flexibility index (Phi) is 4.17. The Morgan fingerprint density at radius 3 is 2.38 bits per heavy atom. The van der Waals surface area contributed by atoms with Crippen LogP contribution in [0.1, 0.15) is 18.1 Å². The zero-order valence-corrected chi connectivity index (χ0v) is 13.0. The van der Waals surface area contributed by atoms with Crippen LogP contribution in [0.15, 0.2) is 24.3 Å². The van der Waals surface area contributed by atoms with Crippen molar-refractivity contribution in [2.75, 3.05) is 39.5 Å². The summed E-state index contributed by atoms with van der Waals surface area (Å²) < 4.78 is 10.9. The smallest absolute Gasteiger partial charge is 0.231 e. The van der Waals surface area contributed by atoms with Crippen molar-refractivity contribution in [1.29, 1.82) is 0 Å². The van der Waals surface area contributed by atoms with Gasteiger partial charge in [-0.3, -0.25) is 9.80 Å². The fraction of sp³-hybridized carbons (Fsp3) is 0.529. The van der Waals surface area contributed by atoms with E-state index in [1.54, 1.807) is 0 Å². The molecule has 114 valence electrons. The van der Waals surface area contributed by atoms with Gasteiger partial charge in [0.25, 0.3) is 0 Å². The summed E-state index contributed by atoms with van der Waals surface area (Å²) in [6.45, 7) is 15.1. The van der Waals surface area contributed by atoms with Gasteiger partial charge < -0.3 is 9.47 Å². The molecular formula is C17H24N2O2. The lowest BCUT2D eigenvalue weighted by molar-refractivity contribution is 0.134. The first-order valence-corrected chi connectivity index (χ1v) is 7.60. The highest BCUT2D eigenvalue weighted by atomic mass is 16.7. The molecule has 0 radical (unpaired) electrons. The second-order valence-corrected chi connectivity index (χ2v) is 6.14. The number of benzene rings is 1. The summed E-state index contributed by atoms with van der Waals surface area (Å²) in [6.07, 6.45) is 0. The molecule has 1 aromatic carbocycles. The van der Waals surface area contributed by atoms with Gasteiger partial charge >= 0.3 is 0 Å². The van der Waals surface area contributed by atoms with Crippen molar-refractivity contribution in [1.82, 2.24) is 9.80 Å². The zero-order chi connectivity index (χ0) is 14.8. The molecule has 1 aromatic rings. The van der Waals surface area contributed by atoms with Crippen LogP contribution in [0, 0.1) is 6.92 Å². The van der Waals surface area contributed by atoms with Crippen LogP contribution in [-0.4, -0.2) is 49.3 Å². The summed E-state index contributed by atoms with van der Waals surface area (Å²) in [6, 6.07) is 4.23. The molecule has 3 rings (SSSR count). The van der Waals surface area contributed by atoms with Gasteiger partial charge in [-0.25, -0.2) is 0 Å². The summed E-state index contributed by atoms with van der Waals surface area (Å²) in [7, 11) is 0. The van der Waals surface area contributed by atoms with Crippen LogP contribution < -0.4 is 9.47 Å². The summed E-state index contributed by atoms with van der Waals surface area (Å²) in [5, 5.41) is 0. The molecule has 1 fully saturated rings. The zero-order valence-electron chi connectivity index (χ0n) is 13.0. The molecule has 0 aliphatic carbocycles. The van der Waals surface area contributed by atoms with E-state index in [0.717, 1.165) is 50.8 Å². The summed E-state index contributed by atoms with van der Waals surface area (Å²) in [5.74, 6) is 1.76. The largest absolute Gasteiger partial charge is 0.454 e. The normalized spacial score (nSPS) is 19.0. The maximum atomic E-state index is 5.49. The summed E-state index contributed by atoms with van der Waals surface area (Å²) >= 11 is 0. The van der Waals surface area contributed by atoms with E-state index in [9.17, 15) is 0 Å². The van der Waals surface area contributed by atoms with Gasteiger partial charge in [-0.1, -0.05) is 12.2 Å².